The smallest absolute Gasteiger partial charge is 0.338 e. The normalized spacial score (nSPS) is 24.7. The quantitative estimate of drug-likeness (QED) is 0.397. The minimum atomic E-state index is -0.473. The summed E-state index contributed by atoms with van der Waals surface area (Å²) in [5, 5.41) is 3.08. The standard InChI is InChI=1S/C34H40N2O8.H2/c1-21(35-32(38)29-5-3-17-41-29)31(24-10-8-23(9-11-24)22-6-7-22)43-27-14-12-25(13-15-27)34(40)44-28-4-2-16-36(19-28)33(39)26-18-30(37)42-20-26;/h8-15,21-22,26,28-29,31H,2-7,16-20H2,1H3,(H,35,38);1H/t21-,26+,28-,29+,31-;/m0./s1. The number of nitrogens with one attached hydrogen (secondary N) is 1. The van der Waals surface area contributed by atoms with E-state index in [1.165, 1.54) is 18.4 Å². The van der Waals surface area contributed by atoms with Gasteiger partial charge in [0.1, 0.15) is 30.7 Å². The Morgan fingerprint density at radius 1 is 1.00 bits per heavy atom. The van der Waals surface area contributed by atoms with E-state index >= 15 is 0 Å². The van der Waals surface area contributed by atoms with Gasteiger partial charge >= 0.3 is 11.9 Å². The number of carbonyl (C=O) groups is 4. The molecule has 44 heavy (non-hydrogen) atoms. The number of carbonyl (C=O) groups excluding carboxylic acids is 4. The predicted octanol–water partition coefficient (Wildman–Crippen LogP) is 4.32. The van der Waals surface area contributed by atoms with E-state index < -0.39 is 30.2 Å². The van der Waals surface area contributed by atoms with Crippen LogP contribution < -0.4 is 10.1 Å². The second-order valence-corrected chi connectivity index (χ2v) is 12.3. The Hall–Kier alpha value is -3.92. The van der Waals surface area contributed by atoms with Crippen LogP contribution in [0.1, 0.15) is 86.8 Å². The molecule has 3 saturated heterocycles. The average molecular weight is 607 g/mol. The maximum Gasteiger partial charge on any atom is 0.338 e. The molecule has 0 aromatic heterocycles. The number of hydrogen-bond acceptors (Lipinski definition) is 8. The van der Waals surface area contributed by atoms with Crippen molar-refractivity contribution in [2.75, 3.05) is 26.3 Å². The first-order chi connectivity index (χ1) is 21.3. The molecule has 10 nitrogen and oxygen atoms in total. The second-order valence-electron chi connectivity index (χ2n) is 12.3. The first-order valence-electron chi connectivity index (χ1n) is 15.8. The van der Waals surface area contributed by atoms with Gasteiger partial charge in [-0.3, -0.25) is 14.4 Å². The minimum Gasteiger partial charge on any atom is -0.484 e. The van der Waals surface area contributed by atoms with Crippen molar-refractivity contribution in [2.45, 2.75) is 82.1 Å². The van der Waals surface area contributed by atoms with Crippen LogP contribution in [0.3, 0.4) is 0 Å². The molecule has 6 rings (SSSR count). The van der Waals surface area contributed by atoms with Gasteiger partial charge in [-0.15, -0.1) is 0 Å². The minimum absolute atomic E-state index is 0. The van der Waals surface area contributed by atoms with Crippen molar-refractivity contribution in [1.82, 2.24) is 10.2 Å². The number of cyclic esters (lactones) is 1. The largest absolute Gasteiger partial charge is 0.484 e. The molecule has 2 aromatic carbocycles. The van der Waals surface area contributed by atoms with Crippen molar-refractivity contribution in [3.8, 4) is 5.75 Å². The molecule has 5 atom stereocenters. The lowest BCUT2D eigenvalue weighted by molar-refractivity contribution is -0.139. The summed E-state index contributed by atoms with van der Waals surface area (Å²) in [5.74, 6) is -0.362. The summed E-state index contributed by atoms with van der Waals surface area (Å²) in [5.41, 5.74) is 2.64. The van der Waals surface area contributed by atoms with E-state index in [1.54, 1.807) is 29.2 Å². The Labute approximate surface area is 258 Å². The van der Waals surface area contributed by atoms with E-state index in [2.05, 4.69) is 29.6 Å². The van der Waals surface area contributed by atoms with Crippen molar-refractivity contribution in [2.24, 2.45) is 5.92 Å². The van der Waals surface area contributed by atoms with Gasteiger partial charge in [0.15, 0.2) is 0 Å². The van der Waals surface area contributed by atoms with E-state index in [1.807, 2.05) is 6.92 Å². The molecule has 2 aromatic rings. The fraction of sp³-hybridized carbons (Fsp3) is 0.529. The van der Waals surface area contributed by atoms with Gasteiger partial charge in [0.25, 0.3) is 0 Å². The number of rotatable bonds is 10. The number of benzene rings is 2. The highest BCUT2D eigenvalue weighted by atomic mass is 16.5. The van der Waals surface area contributed by atoms with E-state index in [0.29, 0.717) is 56.2 Å². The van der Waals surface area contributed by atoms with Gasteiger partial charge in [0.05, 0.1) is 30.5 Å². The van der Waals surface area contributed by atoms with Crippen LogP contribution in [-0.4, -0.2) is 73.2 Å². The van der Waals surface area contributed by atoms with Gasteiger partial charge in [-0.05, 0) is 86.8 Å². The highest BCUT2D eigenvalue weighted by Crippen LogP contribution is 2.40. The molecule has 4 aliphatic rings. The van der Waals surface area contributed by atoms with Gasteiger partial charge in [-0.25, -0.2) is 4.79 Å². The molecule has 0 bridgehead atoms. The second kappa shape index (κ2) is 13.4. The summed E-state index contributed by atoms with van der Waals surface area (Å²) < 4.78 is 22.7. The zero-order valence-corrected chi connectivity index (χ0v) is 25.1. The number of ether oxygens (including phenoxy) is 4. The Morgan fingerprint density at radius 3 is 2.43 bits per heavy atom. The number of likely N-dealkylation sites (tertiary alicyclic amines) is 1. The summed E-state index contributed by atoms with van der Waals surface area (Å²) >= 11 is 0. The average Bonchev–Trinajstić information content (AvgIpc) is 3.55. The predicted molar refractivity (Wildman–Crippen MR) is 161 cm³/mol. The SMILES string of the molecule is C[C@H](NC(=O)[C@H]1CCCO1)[C@H](Oc1ccc(C(=O)O[C@H]2CCCN(C(=O)[C@H]3COC(=O)C3)C2)cc1)c1ccc(C2CC2)cc1.[HH]. The molecule has 1 aliphatic carbocycles. The summed E-state index contributed by atoms with van der Waals surface area (Å²) in [7, 11) is 0. The summed E-state index contributed by atoms with van der Waals surface area (Å²) in [6.45, 7) is 3.50. The molecule has 3 heterocycles. The van der Waals surface area contributed by atoms with Crippen LogP contribution >= 0.6 is 0 Å². The number of amides is 2. The Morgan fingerprint density at radius 2 is 1.77 bits per heavy atom. The molecule has 2 amide bonds. The van der Waals surface area contributed by atoms with Crippen molar-refractivity contribution in [3.63, 3.8) is 0 Å². The van der Waals surface area contributed by atoms with Crippen LogP contribution in [0.5, 0.6) is 5.75 Å². The summed E-state index contributed by atoms with van der Waals surface area (Å²) in [4.78, 5) is 51.7. The third-order valence-electron chi connectivity index (χ3n) is 8.88. The number of nitrogens with zero attached hydrogens (tertiary/aromatic N) is 1. The molecule has 1 N–H and O–H groups in total. The number of esters is 2. The zero-order valence-electron chi connectivity index (χ0n) is 25.1. The van der Waals surface area contributed by atoms with Gasteiger partial charge in [0.2, 0.25) is 11.8 Å². The van der Waals surface area contributed by atoms with E-state index in [4.69, 9.17) is 18.9 Å². The van der Waals surface area contributed by atoms with Gasteiger partial charge in [-0.1, -0.05) is 24.3 Å². The molecule has 236 valence electrons. The molecule has 3 aliphatic heterocycles. The highest BCUT2D eigenvalue weighted by molar-refractivity contribution is 5.90. The summed E-state index contributed by atoms with van der Waals surface area (Å²) in [6.07, 6.45) is 4.17. The topological polar surface area (TPSA) is 120 Å². The fourth-order valence-corrected chi connectivity index (χ4v) is 6.21. The van der Waals surface area contributed by atoms with E-state index in [0.717, 1.165) is 12.0 Å². The lowest BCUT2D eigenvalue weighted by atomic mass is 10.00. The molecule has 0 unspecified atom stereocenters. The Bertz CT molecular complexity index is 1360. The molecular formula is C34H42N2O8. The van der Waals surface area contributed by atoms with E-state index in [-0.39, 0.29) is 38.3 Å². The van der Waals surface area contributed by atoms with Crippen molar-refractivity contribution < 1.29 is 39.6 Å². The van der Waals surface area contributed by atoms with Crippen molar-refractivity contribution >= 4 is 23.8 Å². The van der Waals surface area contributed by atoms with Crippen LogP contribution in [0.4, 0.5) is 0 Å². The third-order valence-corrected chi connectivity index (χ3v) is 8.88. The maximum absolute atomic E-state index is 13.0. The van der Waals surface area contributed by atoms with Gasteiger partial charge < -0.3 is 29.2 Å². The molecule has 0 radical (unpaired) electrons. The van der Waals surface area contributed by atoms with E-state index in [9.17, 15) is 19.2 Å². The van der Waals surface area contributed by atoms with Gasteiger partial charge in [0, 0.05) is 14.6 Å². The zero-order chi connectivity index (χ0) is 30.6. The first-order valence-corrected chi connectivity index (χ1v) is 15.8. The molecule has 0 spiro atoms. The molecule has 4 fully saturated rings. The lowest BCUT2D eigenvalue weighted by Crippen LogP contribution is -2.46. The van der Waals surface area contributed by atoms with Crippen LogP contribution in [0.15, 0.2) is 48.5 Å². The molecule has 1 saturated carbocycles. The monoisotopic (exact) mass is 606 g/mol. The third kappa shape index (κ3) is 7.23. The highest BCUT2D eigenvalue weighted by Gasteiger charge is 2.36. The molecular weight excluding hydrogens is 564 g/mol. The van der Waals surface area contributed by atoms with Crippen LogP contribution in [0.2, 0.25) is 0 Å². The van der Waals surface area contributed by atoms with Crippen LogP contribution in [-0.2, 0) is 28.6 Å². The van der Waals surface area contributed by atoms with Crippen LogP contribution in [0.25, 0.3) is 0 Å². The number of piperidine rings is 1. The lowest BCUT2D eigenvalue weighted by Gasteiger charge is -2.33. The number of hydrogen-bond donors (Lipinski definition) is 1. The van der Waals surface area contributed by atoms with Gasteiger partial charge in [-0.2, -0.15) is 0 Å². The summed E-state index contributed by atoms with van der Waals surface area (Å²) in [6, 6.07) is 14.8. The molecule has 10 heteroatoms. The first kappa shape index (κ1) is 30.1. The van der Waals surface area contributed by atoms with Crippen molar-refractivity contribution in [1.29, 1.82) is 0 Å². The fourth-order valence-electron chi connectivity index (χ4n) is 6.21. The maximum atomic E-state index is 13.0. The Balaban J connectivity index is 0.00000400. The van der Waals surface area contributed by atoms with Crippen LogP contribution in [0, 0.1) is 5.92 Å². The Kier molecular flexibility index (Phi) is 9.16. The van der Waals surface area contributed by atoms with Crippen molar-refractivity contribution in [3.05, 3.63) is 65.2 Å².